The lowest BCUT2D eigenvalue weighted by Crippen LogP contribution is -2.38. The van der Waals surface area contributed by atoms with Crippen molar-refractivity contribution in [2.45, 2.75) is 24.5 Å². The average molecular weight is 369 g/mol. The number of nitrogens with one attached hydrogen (secondary N) is 1. The summed E-state index contributed by atoms with van der Waals surface area (Å²) < 4.78 is 29.5. The molecular weight excluding hydrogens is 346 g/mol. The lowest BCUT2D eigenvalue weighted by Gasteiger charge is -2.23. The summed E-state index contributed by atoms with van der Waals surface area (Å²) in [4.78, 5) is 22.8. The van der Waals surface area contributed by atoms with Crippen molar-refractivity contribution in [1.82, 2.24) is 19.5 Å². The van der Waals surface area contributed by atoms with Crippen molar-refractivity contribution in [2.75, 3.05) is 46.9 Å². The van der Waals surface area contributed by atoms with E-state index in [1.54, 1.807) is 25.9 Å². The number of aromatic amines is 1. The molecule has 26 heavy (non-hydrogen) atoms. The van der Waals surface area contributed by atoms with Gasteiger partial charge in [0.15, 0.2) is 17.4 Å². The van der Waals surface area contributed by atoms with Crippen LogP contribution in [0.15, 0.2) is 11.1 Å². The summed E-state index contributed by atoms with van der Waals surface area (Å²) in [5.41, 5.74) is 5.73. The Labute approximate surface area is 149 Å². The zero-order chi connectivity index (χ0) is 18.7. The van der Waals surface area contributed by atoms with Gasteiger partial charge in [-0.15, -0.1) is 0 Å². The van der Waals surface area contributed by atoms with Crippen molar-refractivity contribution in [2.24, 2.45) is 0 Å². The summed E-state index contributed by atoms with van der Waals surface area (Å²) in [6, 6.07) is 0. The molecule has 1 aliphatic heterocycles. The molecule has 0 radical (unpaired) electrons. The number of rotatable bonds is 8. The van der Waals surface area contributed by atoms with Crippen LogP contribution in [0, 0.1) is 0 Å². The van der Waals surface area contributed by atoms with E-state index >= 15 is 0 Å². The van der Waals surface area contributed by atoms with E-state index in [-0.39, 0.29) is 23.7 Å². The van der Waals surface area contributed by atoms with Crippen LogP contribution >= 0.6 is 0 Å². The number of fused-ring (bicyclic) bond motifs is 1. The van der Waals surface area contributed by atoms with Crippen molar-refractivity contribution in [1.29, 1.82) is 0 Å². The second kappa shape index (κ2) is 8.10. The number of ether oxygens (including phenoxy) is 5. The molecule has 3 heterocycles. The maximum absolute atomic E-state index is 12.0. The van der Waals surface area contributed by atoms with Gasteiger partial charge in [0.05, 0.1) is 26.1 Å². The van der Waals surface area contributed by atoms with Gasteiger partial charge in [-0.3, -0.25) is 14.3 Å². The fourth-order valence-corrected chi connectivity index (χ4v) is 3.09. The molecule has 2 aromatic rings. The van der Waals surface area contributed by atoms with E-state index in [2.05, 4.69) is 15.0 Å². The summed E-state index contributed by atoms with van der Waals surface area (Å²) in [7, 11) is 4.76. The van der Waals surface area contributed by atoms with E-state index in [0.717, 1.165) is 0 Å². The highest BCUT2D eigenvalue weighted by atomic mass is 16.6. The molecule has 0 amide bonds. The van der Waals surface area contributed by atoms with Crippen LogP contribution in [0.3, 0.4) is 0 Å². The van der Waals surface area contributed by atoms with E-state index in [1.165, 1.54) is 6.33 Å². The summed E-state index contributed by atoms with van der Waals surface area (Å²) >= 11 is 0. The Kier molecular flexibility index (Phi) is 5.84. The molecule has 0 spiro atoms. The van der Waals surface area contributed by atoms with Gasteiger partial charge in [0.1, 0.15) is 18.3 Å². The van der Waals surface area contributed by atoms with Crippen molar-refractivity contribution in [3.8, 4) is 0 Å². The molecule has 0 bridgehead atoms. The highest BCUT2D eigenvalue weighted by Gasteiger charge is 2.47. The van der Waals surface area contributed by atoms with E-state index < -0.39 is 17.9 Å². The van der Waals surface area contributed by atoms with Gasteiger partial charge in [-0.25, -0.2) is 4.98 Å². The minimum Gasteiger partial charge on any atom is -0.382 e. The minimum atomic E-state index is -0.615. The number of anilines is 1. The average Bonchev–Trinajstić information content (AvgIpc) is 3.17. The number of methoxy groups -OCH3 is 3. The highest BCUT2D eigenvalue weighted by Crippen LogP contribution is 2.34. The number of nitrogens with zero attached hydrogens (tertiary/aromatic N) is 3. The van der Waals surface area contributed by atoms with E-state index in [4.69, 9.17) is 29.4 Å². The summed E-state index contributed by atoms with van der Waals surface area (Å²) in [6.07, 6.45) is -0.357. The predicted molar refractivity (Wildman–Crippen MR) is 90.8 cm³/mol. The topological polar surface area (TPSA) is 136 Å². The SMILES string of the molecule is COCCOC1[C@@H](OC)[C@@H](COC)O[C@H]1n1cnc2c(=O)[nH]c(N)nc21. The fraction of sp³-hybridized carbons (Fsp3) is 0.667. The minimum absolute atomic E-state index is 0.00386. The molecule has 0 aliphatic carbocycles. The van der Waals surface area contributed by atoms with Crippen molar-refractivity contribution < 1.29 is 23.7 Å². The van der Waals surface area contributed by atoms with Crippen LogP contribution in [0.5, 0.6) is 0 Å². The monoisotopic (exact) mass is 369 g/mol. The van der Waals surface area contributed by atoms with E-state index in [1.807, 2.05) is 0 Å². The maximum atomic E-state index is 12.0. The molecule has 1 saturated heterocycles. The van der Waals surface area contributed by atoms with Gasteiger partial charge in [-0.05, 0) is 0 Å². The number of nitrogens with two attached hydrogens (primary N) is 1. The van der Waals surface area contributed by atoms with Crippen LogP contribution in [0.4, 0.5) is 5.95 Å². The Bertz CT molecular complexity index is 792. The first-order chi connectivity index (χ1) is 12.6. The summed E-state index contributed by atoms with van der Waals surface area (Å²) in [6.45, 7) is 1.09. The van der Waals surface area contributed by atoms with Crippen molar-refractivity contribution in [3.05, 3.63) is 16.7 Å². The molecular formula is C15H23N5O6. The first kappa shape index (κ1) is 18.7. The number of aromatic nitrogens is 4. The molecule has 1 unspecified atom stereocenters. The molecule has 0 aromatic carbocycles. The number of nitrogen functional groups attached to an aromatic ring is 1. The van der Waals surface area contributed by atoms with Crippen LogP contribution in [0.1, 0.15) is 6.23 Å². The van der Waals surface area contributed by atoms with Crippen LogP contribution in [-0.2, 0) is 23.7 Å². The lowest BCUT2D eigenvalue weighted by molar-refractivity contribution is -0.0820. The third-order valence-corrected chi connectivity index (χ3v) is 4.21. The molecule has 2 aromatic heterocycles. The second-order valence-corrected chi connectivity index (χ2v) is 5.82. The molecule has 11 heteroatoms. The zero-order valence-electron chi connectivity index (χ0n) is 14.9. The number of H-pyrrole nitrogens is 1. The predicted octanol–water partition coefficient (Wildman–Crippen LogP) is -0.708. The Morgan fingerprint density at radius 3 is 2.77 bits per heavy atom. The van der Waals surface area contributed by atoms with Gasteiger partial charge in [0.2, 0.25) is 5.95 Å². The Hall–Kier alpha value is -2.05. The third-order valence-electron chi connectivity index (χ3n) is 4.21. The molecule has 0 saturated carbocycles. The first-order valence-corrected chi connectivity index (χ1v) is 8.10. The number of hydrogen-bond donors (Lipinski definition) is 2. The van der Waals surface area contributed by atoms with Crippen molar-refractivity contribution >= 4 is 17.1 Å². The normalized spacial score (nSPS) is 26.0. The molecule has 3 N–H and O–H groups in total. The van der Waals surface area contributed by atoms with Gasteiger partial charge in [0.25, 0.3) is 5.56 Å². The Morgan fingerprint density at radius 1 is 1.27 bits per heavy atom. The van der Waals surface area contributed by atoms with Gasteiger partial charge in [-0.2, -0.15) is 4.98 Å². The molecule has 4 atom stereocenters. The number of imidazole rings is 1. The molecule has 144 valence electrons. The van der Waals surface area contributed by atoms with Crippen LogP contribution in [0.25, 0.3) is 11.2 Å². The molecule has 1 fully saturated rings. The Balaban J connectivity index is 1.98. The van der Waals surface area contributed by atoms with Crippen LogP contribution < -0.4 is 11.3 Å². The van der Waals surface area contributed by atoms with Gasteiger partial charge >= 0.3 is 0 Å². The fourth-order valence-electron chi connectivity index (χ4n) is 3.09. The Morgan fingerprint density at radius 2 is 2.08 bits per heavy atom. The van der Waals surface area contributed by atoms with Crippen LogP contribution in [0.2, 0.25) is 0 Å². The lowest BCUT2D eigenvalue weighted by atomic mass is 10.1. The van der Waals surface area contributed by atoms with Gasteiger partial charge < -0.3 is 29.4 Å². The van der Waals surface area contributed by atoms with Crippen LogP contribution in [-0.4, -0.2) is 79.0 Å². The van der Waals surface area contributed by atoms with E-state index in [9.17, 15) is 4.79 Å². The summed E-state index contributed by atoms with van der Waals surface area (Å²) in [5.74, 6) is -0.00386. The first-order valence-electron chi connectivity index (χ1n) is 8.10. The molecule has 11 nitrogen and oxygen atoms in total. The maximum Gasteiger partial charge on any atom is 0.280 e. The van der Waals surface area contributed by atoms with Gasteiger partial charge in [0, 0.05) is 21.3 Å². The van der Waals surface area contributed by atoms with Gasteiger partial charge in [-0.1, -0.05) is 0 Å². The number of hydrogen-bond acceptors (Lipinski definition) is 9. The molecule has 3 rings (SSSR count). The smallest absolute Gasteiger partial charge is 0.280 e. The largest absolute Gasteiger partial charge is 0.382 e. The quantitative estimate of drug-likeness (QED) is 0.578. The standard InChI is InChI=1S/C15H23N5O6/c1-22-4-5-25-11-10(24-3)8(6-23-2)26-14(11)20-7-17-9-12(20)18-15(16)19-13(9)21/h7-8,10-11,14H,4-6H2,1-3H3,(H3,16,18,19,21)/t8-,10+,11?,14-/m1/s1. The highest BCUT2D eigenvalue weighted by molar-refractivity contribution is 5.70. The summed E-state index contributed by atoms with van der Waals surface area (Å²) in [5, 5.41) is 0. The van der Waals surface area contributed by atoms with Crippen molar-refractivity contribution in [3.63, 3.8) is 0 Å². The molecule has 1 aliphatic rings. The second-order valence-electron chi connectivity index (χ2n) is 5.82. The van der Waals surface area contributed by atoms with E-state index in [0.29, 0.717) is 25.5 Å². The zero-order valence-corrected chi connectivity index (χ0v) is 14.9. The third kappa shape index (κ3) is 3.44.